The van der Waals surface area contributed by atoms with E-state index in [1.165, 1.54) is 12.1 Å². The molecule has 4 rings (SSSR count). The third kappa shape index (κ3) is 3.73. The predicted molar refractivity (Wildman–Crippen MR) is 117 cm³/mol. The number of amides is 2. The summed E-state index contributed by atoms with van der Waals surface area (Å²) in [5.74, 6) is -0.335. The van der Waals surface area contributed by atoms with Gasteiger partial charge in [0.25, 0.3) is 0 Å². The molecule has 1 aliphatic heterocycles. The molecular weight excluding hydrogens is 393 g/mol. The monoisotopic (exact) mass is 423 g/mol. The van der Waals surface area contributed by atoms with Gasteiger partial charge in [0.15, 0.2) is 0 Å². The van der Waals surface area contributed by atoms with Crippen LogP contribution in [0.2, 0.25) is 0 Å². The number of hydrogen-bond acceptors (Lipinski definition) is 3. The van der Waals surface area contributed by atoms with E-state index >= 15 is 0 Å². The lowest BCUT2D eigenvalue weighted by Crippen LogP contribution is -2.58. The highest BCUT2D eigenvalue weighted by Crippen LogP contribution is 2.44. The average molecular weight is 424 g/mol. The van der Waals surface area contributed by atoms with Crippen LogP contribution < -0.4 is 0 Å². The first kappa shape index (κ1) is 21.5. The van der Waals surface area contributed by atoms with Gasteiger partial charge in [-0.05, 0) is 55.5 Å². The highest BCUT2D eigenvalue weighted by Gasteiger charge is 2.51. The zero-order chi connectivity index (χ0) is 22.1. The molecule has 164 valence electrons. The van der Waals surface area contributed by atoms with E-state index in [4.69, 9.17) is 0 Å². The lowest BCUT2D eigenvalue weighted by atomic mass is 9.73. The number of piperidine rings is 1. The quantitative estimate of drug-likeness (QED) is 0.754. The van der Waals surface area contributed by atoms with E-state index in [1.54, 1.807) is 31.3 Å². The summed E-state index contributed by atoms with van der Waals surface area (Å²) in [5, 5.41) is 0. The summed E-state index contributed by atoms with van der Waals surface area (Å²) < 4.78 is 14.1. The maximum atomic E-state index is 14.1. The van der Waals surface area contributed by atoms with Crippen molar-refractivity contribution in [3.05, 3.63) is 65.7 Å². The third-order valence-electron chi connectivity index (χ3n) is 6.99. The molecule has 2 heterocycles. The summed E-state index contributed by atoms with van der Waals surface area (Å²) in [7, 11) is 3.50. The van der Waals surface area contributed by atoms with Gasteiger partial charge in [0.05, 0.1) is 11.1 Å². The van der Waals surface area contributed by atoms with Crippen LogP contribution in [0.5, 0.6) is 0 Å². The van der Waals surface area contributed by atoms with Crippen LogP contribution in [0.4, 0.5) is 4.39 Å². The smallest absolute Gasteiger partial charge is 0.236 e. The molecule has 2 aliphatic rings. The second-order valence-corrected chi connectivity index (χ2v) is 9.13. The van der Waals surface area contributed by atoms with Crippen LogP contribution in [-0.2, 0) is 20.4 Å². The van der Waals surface area contributed by atoms with E-state index in [0.29, 0.717) is 38.0 Å². The molecule has 1 aliphatic carbocycles. The normalized spacial score (nSPS) is 22.9. The molecule has 2 aromatic rings. The molecule has 6 heteroatoms. The highest BCUT2D eigenvalue weighted by molar-refractivity contribution is 5.92. The van der Waals surface area contributed by atoms with Crippen molar-refractivity contribution >= 4 is 11.8 Å². The Morgan fingerprint density at radius 3 is 2.39 bits per heavy atom. The Balaban J connectivity index is 1.72. The molecule has 1 atom stereocenters. The summed E-state index contributed by atoms with van der Waals surface area (Å²) in [5.41, 5.74) is -0.114. The minimum absolute atomic E-state index is 0.0159. The molecular formula is C25H30FN3O2. The van der Waals surface area contributed by atoms with Gasteiger partial charge in [0.1, 0.15) is 11.2 Å². The Morgan fingerprint density at radius 2 is 1.74 bits per heavy atom. The molecule has 0 bridgehead atoms. The van der Waals surface area contributed by atoms with E-state index in [1.807, 2.05) is 29.2 Å². The summed E-state index contributed by atoms with van der Waals surface area (Å²) in [6, 6.07) is 12.1. The van der Waals surface area contributed by atoms with E-state index < -0.39 is 10.8 Å². The Kier molecular flexibility index (Phi) is 5.82. The van der Waals surface area contributed by atoms with E-state index in [9.17, 15) is 14.0 Å². The van der Waals surface area contributed by atoms with Crippen molar-refractivity contribution in [2.75, 3.05) is 27.2 Å². The zero-order valence-corrected chi connectivity index (χ0v) is 18.3. The van der Waals surface area contributed by atoms with Crippen LogP contribution in [-0.4, -0.2) is 53.8 Å². The first-order valence-electron chi connectivity index (χ1n) is 11.1. The number of nitrogens with zero attached hydrogens (tertiary/aromatic N) is 3. The topological polar surface area (TPSA) is 53.5 Å². The van der Waals surface area contributed by atoms with Crippen molar-refractivity contribution in [2.24, 2.45) is 0 Å². The molecule has 2 amide bonds. The maximum Gasteiger partial charge on any atom is 0.236 e. The number of pyridine rings is 1. The number of carbonyl (C=O) groups excluding carboxylic acids is 2. The van der Waals surface area contributed by atoms with Gasteiger partial charge in [0, 0.05) is 33.4 Å². The van der Waals surface area contributed by atoms with Crippen LogP contribution in [0.25, 0.3) is 0 Å². The Bertz CT molecular complexity index is 956. The van der Waals surface area contributed by atoms with Gasteiger partial charge in [-0.2, -0.15) is 0 Å². The molecule has 1 aromatic carbocycles. The minimum Gasteiger partial charge on any atom is -0.348 e. The standard InChI is InChI=1S/C25H30FN3O2/c1-28(2)22(30)25(21-11-3-6-15-27-21)14-8-16-29(18-25)23(31)24(12-4-5-13-24)19-9-7-10-20(26)17-19/h3,6-7,9-11,15,17H,4-5,8,12-14,16,18H2,1-2H3/t25-/m0/s1. The van der Waals surface area contributed by atoms with Crippen molar-refractivity contribution in [3.8, 4) is 0 Å². The van der Waals surface area contributed by atoms with Crippen LogP contribution in [0.15, 0.2) is 48.7 Å². The lowest BCUT2D eigenvalue weighted by Gasteiger charge is -2.45. The molecule has 0 unspecified atom stereocenters. The molecule has 0 N–H and O–H groups in total. The number of rotatable bonds is 4. The van der Waals surface area contributed by atoms with Crippen LogP contribution in [0, 0.1) is 5.82 Å². The summed E-state index contributed by atoms with van der Waals surface area (Å²) >= 11 is 0. The van der Waals surface area contributed by atoms with Gasteiger partial charge in [0.2, 0.25) is 11.8 Å². The van der Waals surface area contributed by atoms with Crippen LogP contribution in [0.1, 0.15) is 49.8 Å². The molecule has 2 fully saturated rings. The van der Waals surface area contributed by atoms with Gasteiger partial charge >= 0.3 is 0 Å². The fourth-order valence-corrected chi connectivity index (χ4v) is 5.49. The van der Waals surface area contributed by atoms with Gasteiger partial charge in [-0.1, -0.05) is 31.0 Å². The maximum absolute atomic E-state index is 14.1. The van der Waals surface area contributed by atoms with E-state index in [0.717, 1.165) is 24.8 Å². The van der Waals surface area contributed by atoms with Crippen LogP contribution >= 0.6 is 0 Å². The number of likely N-dealkylation sites (tertiary alicyclic amines) is 1. The first-order valence-corrected chi connectivity index (χ1v) is 11.1. The molecule has 5 nitrogen and oxygen atoms in total. The predicted octanol–water partition coefficient (Wildman–Crippen LogP) is 3.68. The lowest BCUT2D eigenvalue weighted by molar-refractivity contribution is -0.145. The number of benzene rings is 1. The Hall–Kier alpha value is -2.76. The number of hydrogen-bond donors (Lipinski definition) is 0. The highest BCUT2D eigenvalue weighted by atomic mass is 19.1. The van der Waals surface area contributed by atoms with Crippen molar-refractivity contribution in [1.82, 2.24) is 14.8 Å². The van der Waals surface area contributed by atoms with Crippen molar-refractivity contribution < 1.29 is 14.0 Å². The third-order valence-corrected chi connectivity index (χ3v) is 6.99. The molecule has 1 saturated heterocycles. The number of likely N-dealkylation sites (N-methyl/N-ethyl adjacent to an activating group) is 1. The second kappa shape index (κ2) is 8.40. The fraction of sp³-hybridized carbons (Fsp3) is 0.480. The molecule has 1 aromatic heterocycles. The van der Waals surface area contributed by atoms with E-state index in [-0.39, 0.29) is 17.6 Å². The van der Waals surface area contributed by atoms with Gasteiger partial charge in [-0.15, -0.1) is 0 Å². The summed E-state index contributed by atoms with van der Waals surface area (Å²) in [6.45, 7) is 0.905. The molecule has 0 radical (unpaired) electrons. The number of halogens is 1. The SMILES string of the molecule is CN(C)C(=O)[C@@]1(c2ccccn2)CCCN(C(=O)C2(c3cccc(F)c3)CCCC2)C1. The fourth-order valence-electron chi connectivity index (χ4n) is 5.49. The minimum atomic E-state index is -0.861. The van der Waals surface area contributed by atoms with Crippen LogP contribution in [0.3, 0.4) is 0 Å². The number of aromatic nitrogens is 1. The zero-order valence-electron chi connectivity index (χ0n) is 18.3. The Morgan fingerprint density at radius 1 is 1.00 bits per heavy atom. The second-order valence-electron chi connectivity index (χ2n) is 9.13. The average Bonchev–Trinajstić information content (AvgIpc) is 3.30. The molecule has 31 heavy (non-hydrogen) atoms. The van der Waals surface area contributed by atoms with Crippen molar-refractivity contribution in [2.45, 2.75) is 49.4 Å². The van der Waals surface area contributed by atoms with Crippen molar-refractivity contribution in [1.29, 1.82) is 0 Å². The largest absolute Gasteiger partial charge is 0.348 e. The first-order chi connectivity index (χ1) is 14.9. The number of carbonyl (C=O) groups is 2. The van der Waals surface area contributed by atoms with Crippen molar-refractivity contribution in [3.63, 3.8) is 0 Å². The van der Waals surface area contributed by atoms with Gasteiger partial charge < -0.3 is 9.80 Å². The van der Waals surface area contributed by atoms with Gasteiger partial charge in [-0.25, -0.2) is 4.39 Å². The van der Waals surface area contributed by atoms with Gasteiger partial charge in [-0.3, -0.25) is 14.6 Å². The Labute approximate surface area is 183 Å². The summed E-state index contributed by atoms with van der Waals surface area (Å²) in [4.78, 5) is 35.4. The van der Waals surface area contributed by atoms with E-state index in [2.05, 4.69) is 4.98 Å². The molecule has 1 saturated carbocycles. The molecule has 0 spiro atoms. The summed E-state index contributed by atoms with van der Waals surface area (Å²) in [6.07, 6.45) is 6.38.